The van der Waals surface area contributed by atoms with Crippen LogP contribution < -0.4 is 0 Å². The normalized spacial score (nSPS) is 27.3. The van der Waals surface area contributed by atoms with Gasteiger partial charge in [-0.25, -0.2) is 8.78 Å². The second-order valence-electron chi connectivity index (χ2n) is 9.75. The van der Waals surface area contributed by atoms with Gasteiger partial charge in [0.15, 0.2) is 0 Å². The predicted molar refractivity (Wildman–Crippen MR) is 115 cm³/mol. The third kappa shape index (κ3) is 6.79. The van der Waals surface area contributed by atoms with E-state index in [4.69, 9.17) is 0 Å². The number of benzene rings is 1. The number of aryl methyl sites for hydroxylation is 1. The lowest BCUT2D eigenvalue weighted by molar-refractivity contribution is -0.142. The standard InChI is InChI=1S/C26H35F5/c1-2-3-4-5-18-8-12-21(13-9-18)22-14-10-19(11-15-22)6-7-20-16-23(27)25(24(28)17-20)26(29,30)31/h2,16-19,21-22H,1,3-15H2/t18-,19-,21-,22-. The minimum atomic E-state index is -5.00. The van der Waals surface area contributed by atoms with Crippen LogP contribution >= 0.6 is 0 Å². The van der Waals surface area contributed by atoms with E-state index in [2.05, 4.69) is 6.58 Å². The number of alkyl halides is 3. The van der Waals surface area contributed by atoms with Crippen molar-refractivity contribution in [2.45, 2.75) is 89.6 Å². The van der Waals surface area contributed by atoms with Crippen LogP contribution in [-0.4, -0.2) is 0 Å². The van der Waals surface area contributed by atoms with Crippen molar-refractivity contribution in [1.82, 2.24) is 0 Å². The predicted octanol–water partition coefficient (Wildman–Crippen LogP) is 8.89. The Morgan fingerprint density at radius 2 is 1.29 bits per heavy atom. The zero-order valence-electron chi connectivity index (χ0n) is 18.3. The molecule has 174 valence electrons. The van der Waals surface area contributed by atoms with E-state index in [1.807, 2.05) is 6.08 Å². The first kappa shape index (κ1) is 24.3. The number of hydrogen-bond donors (Lipinski definition) is 0. The molecule has 0 amide bonds. The van der Waals surface area contributed by atoms with Crippen LogP contribution in [0, 0.1) is 35.3 Å². The Morgan fingerprint density at radius 1 is 0.806 bits per heavy atom. The Kier molecular flexibility index (Phi) is 8.58. The first-order valence-corrected chi connectivity index (χ1v) is 11.9. The van der Waals surface area contributed by atoms with E-state index in [0.717, 1.165) is 55.6 Å². The highest BCUT2D eigenvalue weighted by molar-refractivity contribution is 5.28. The topological polar surface area (TPSA) is 0 Å². The van der Waals surface area contributed by atoms with Crippen LogP contribution in [0.4, 0.5) is 22.0 Å². The molecule has 0 aromatic heterocycles. The minimum absolute atomic E-state index is 0.319. The second-order valence-corrected chi connectivity index (χ2v) is 9.75. The van der Waals surface area contributed by atoms with Crippen molar-refractivity contribution in [3.05, 3.63) is 47.5 Å². The van der Waals surface area contributed by atoms with E-state index < -0.39 is 23.4 Å². The Hall–Kier alpha value is -1.39. The monoisotopic (exact) mass is 442 g/mol. The van der Waals surface area contributed by atoms with Gasteiger partial charge in [0.1, 0.15) is 17.2 Å². The van der Waals surface area contributed by atoms with Gasteiger partial charge in [0, 0.05) is 0 Å². The average Bonchev–Trinajstić information content (AvgIpc) is 2.72. The van der Waals surface area contributed by atoms with Crippen molar-refractivity contribution in [1.29, 1.82) is 0 Å². The van der Waals surface area contributed by atoms with Crippen molar-refractivity contribution in [3.63, 3.8) is 0 Å². The second kappa shape index (κ2) is 11.0. The smallest absolute Gasteiger partial charge is 0.206 e. The Labute approximate surface area is 183 Å². The molecule has 2 aliphatic rings. The molecule has 2 saturated carbocycles. The van der Waals surface area contributed by atoms with Crippen molar-refractivity contribution in [2.75, 3.05) is 0 Å². The first-order valence-electron chi connectivity index (χ1n) is 11.9. The van der Waals surface area contributed by atoms with Crippen LogP contribution in [0.1, 0.15) is 88.2 Å². The maximum Gasteiger partial charge on any atom is 0.422 e. The summed E-state index contributed by atoms with van der Waals surface area (Å²) in [5, 5.41) is 0. The lowest BCUT2D eigenvalue weighted by Gasteiger charge is -2.38. The fourth-order valence-electron chi connectivity index (χ4n) is 5.86. The zero-order valence-corrected chi connectivity index (χ0v) is 18.3. The van der Waals surface area contributed by atoms with Gasteiger partial charge in [-0.05, 0) is 92.7 Å². The largest absolute Gasteiger partial charge is 0.422 e. The molecule has 0 heterocycles. The molecule has 1 aromatic carbocycles. The van der Waals surface area contributed by atoms with Gasteiger partial charge in [0.2, 0.25) is 0 Å². The maximum absolute atomic E-state index is 13.8. The summed E-state index contributed by atoms with van der Waals surface area (Å²) in [4.78, 5) is 0. The van der Waals surface area contributed by atoms with Gasteiger partial charge in [-0.1, -0.05) is 38.2 Å². The van der Waals surface area contributed by atoms with Crippen molar-refractivity contribution >= 4 is 0 Å². The zero-order chi connectivity index (χ0) is 22.4. The van der Waals surface area contributed by atoms with Gasteiger partial charge in [-0.2, -0.15) is 13.2 Å². The van der Waals surface area contributed by atoms with Gasteiger partial charge in [-0.3, -0.25) is 0 Å². The van der Waals surface area contributed by atoms with E-state index in [0.29, 0.717) is 17.9 Å². The third-order valence-corrected chi connectivity index (χ3v) is 7.70. The van der Waals surface area contributed by atoms with Crippen molar-refractivity contribution in [2.24, 2.45) is 23.7 Å². The summed E-state index contributed by atoms with van der Waals surface area (Å²) in [6.45, 7) is 3.80. The quantitative estimate of drug-likeness (QED) is 0.214. The summed E-state index contributed by atoms with van der Waals surface area (Å²) in [6, 6.07) is 1.70. The fraction of sp³-hybridized carbons (Fsp3) is 0.692. The number of hydrogen-bond acceptors (Lipinski definition) is 0. The van der Waals surface area contributed by atoms with Gasteiger partial charge in [0.05, 0.1) is 0 Å². The molecule has 2 aliphatic carbocycles. The Balaban J connectivity index is 1.41. The van der Waals surface area contributed by atoms with Crippen LogP contribution in [0.2, 0.25) is 0 Å². The highest BCUT2D eigenvalue weighted by Crippen LogP contribution is 2.43. The summed E-state index contributed by atoms with van der Waals surface area (Å²) < 4.78 is 65.7. The van der Waals surface area contributed by atoms with E-state index in [-0.39, 0.29) is 0 Å². The maximum atomic E-state index is 13.8. The lowest BCUT2D eigenvalue weighted by Crippen LogP contribution is -2.26. The molecule has 0 bridgehead atoms. The Bertz CT molecular complexity index is 684. The SMILES string of the molecule is C=CCCC[C@H]1CC[C@H]([C@H]2CC[C@H](CCc3cc(F)c(C(F)(F)F)c(F)c3)CC2)CC1. The van der Waals surface area contributed by atoms with E-state index in [1.54, 1.807) is 0 Å². The summed E-state index contributed by atoms with van der Waals surface area (Å²) in [5.74, 6) is 0.00983. The number of unbranched alkanes of at least 4 members (excludes halogenated alkanes) is 1. The molecule has 0 atom stereocenters. The molecule has 0 nitrogen and oxygen atoms in total. The van der Waals surface area contributed by atoms with E-state index >= 15 is 0 Å². The molecule has 0 radical (unpaired) electrons. The highest BCUT2D eigenvalue weighted by Gasteiger charge is 2.38. The third-order valence-electron chi connectivity index (χ3n) is 7.70. The van der Waals surface area contributed by atoms with Gasteiger partial charge in [0.25, 0.3) is 0 Å². The number of halogens is 5. The fourth-order valence-corrected chi connectivity index (χ4v) is 5.86. The van der Waals surface area contributed by atoms with Gasteiger partial charge in [-0.15, -0.1) is 6.58 Å². The van der Waals surface area contributed by atoms with Crippen LogP contribution in [0.15, 0.2) is 24.8 Å². The summed E-state index contributed by atoms with van der Waals surface area (Å²) in [5.41, 5.74) is -1.47. The number of rotatable bonds is 8. The Morgan fingerprint density at radius 3 is 1.74 bits per heavy atom. The molecular weight excluding hydrogens is 407 g/mol. The summed E-state index contributed by atoms with van der Waals surface area (Å²) >= 11 is 0. The molecule has 0 saturated heterocycles. The van der Waals surface area contributed by atoms with Crippen LogP contribution in [-0.2, 0) is 12.6 Å². The molecule has 5 heteroatoms. The molecular formula is C26H35F5. The molecule has 0 aliphatic heterocycles. The number of allylic oxidation sites excluding steroid dienone is 1. The molecule has 1 aromatic rings. The lowest BCUT2D eigenvalue weighted by atomic mass is 9.68. The van der Waals surface area contributed by atoms with Crippen molar-refractivity contribution in [3.8, 4) is 0 Å². The first-order chi connectivity index (χ1) is 14.8. The minimum Gasteiger partial charge on any atom is -0.206 e. The highest BCUT2D eigenvalue weighted by atomic mass is 19.4. The van der Waals surface area contributed by atoms with Crippen molar-refractivity contribution < 1.29 is 22.0 Å². The molecule has 0 spiro atoms. The van der Waals surface area contributed by atoms with E-state index in [9.17, 15) is 22.0 Å². The average molecular weight is 443 g/mol. The van der Waals surface area contributed by atoms with Crippen LogP contribution in [0.5, 0.6) is 0 Å². The van der Waals surface area contributed by atoms with Gasteiger partial charge >= 0.3 is 6.18 Å². The molecule has 2 fully saturated rings. The van der Waals surface area contributed by atoms with E-state index in [1.165, 1.54) is 51.4 Å². The van der Waals surface area contributed by atoms with Gasteiger partial charge < -0.3 is 0 Å². The van der Waals surface area contributed by atoms with Crippen LogP contribution in [0.25, 0.3) is 0 Å². The molecule has 0 unspecified atom stereocenters. The molecule has 3 rings (SSSR count). The van der Waals surface area contributed by atoms with Crippen LogP contribution in [0.3, 0.4) is 0 Å². The molecule has 0 N–H and O–H groups in total. The summed E-state index contributed by atoms with van der Waals surface area (Å²) in [6.07, 6.45) is 12.0. The summed E-state index contributed by atoms with van der Waals surface area (Å²) in [7, 11) is 0. The molecule has 31 heavy (non-hydrogen) atoms.